The van der Waals surface area contributed by atoms with Crippen molar-refractivity contribution in [2.45, 2.75) is 18.6 Å². The number of anilines is 1. The molecular weight excluding hydrogens is 405 g/mol. The molecule has 3 aromatic carbocycles. The van der Waals surface area contributed by atoms with Gasteiger partial charge in [-0.05, 0) is 41.5 Å². The van der Waals surface area contributed by atoms with E-state index in [2.05, 4.69) is 22.3 Å². The van der Waals surface area contributed by atoms with E-state index in [1.807, 2.05) is 42.5 Å². The second kappa shape index (κ2) is 9.69. The van der Waals surface area contributed by atoms with Gasteiger partial charge < -0.3 is 20.9 Å². The van der Waals surface area contributed by atoms with Crippen molar-refractivity contribution >= 4 is 5.69 Å². The molecule has 0 aliphatic carbocycles. The van der Waals surface area contributed by atoms with Gasteiger partial charge in [-0.15, -0.1) is 0 Å². The number of nitrogens with two attached hydrogens (primary N) is 1. The van der Waals surface area contributed by atoms with E-state index in [9.17, 15) is 5.11 Å². The zero-order valence-corrected chi connectivity index (χ0v) is 18.3. The number of aliphatic hydroxyl groups excluding tert-OH is 1. The average Bonchev–Trinajstić information content (AvgIpc) is 3.18. The number of rotatable bonds is 8. The predicted octanol–water partition coefficient (Wildman–Crippen LogP) is 3.53. The van der Waals surface area contributed by atoms with Crippen LogP contribution in [0.5, 0.6) is 5.75 Å². The van der Waals surface area contributed by atoms with E-state index in [1.54, 1.807) is 19.2 Å². The van der Waals surface area contributed by atoms with Crippen LogP contribution in [0.25, 0.3) is 0 Å². The van der Waals surface area contributed by atoms with Crippen LogP contribution in [-0.2, 0) is 18.6 Å². The highest BCUT2D eigenvalue weighted by atomic mass is 19.1. The van der Waals surface area contributed by atoms with E-state index in [0.29, 0.717) is 30.9 Å². The Morgan fingerprint density at radius 2 is 1.84 bits per heavy atom. The van der Waals surface area contributed by atoms with Crippen molar-refractivity contribution in [2.24, 2.45) is 5.92 Å². The molecule has 1 fully saturated rings. The largest absolute Gasteiger partial charge is 0.497 e. The Morgan fingerprint density at radius 3 is 2.53 bits per heavy atom. The van der Waals surface area contributed by atoms with Crippen LogP contribution in [0.15, 0.2) is 72.8 Å². The number of nitrogen functional groups attached to an aromatic ring is 1. The normalized spacial score (nSPS) is 21.0. The number of methoxy groups -OCH3 is 1. The van der Waals surface area contributed by atoms with Crippen molar-refractivity contribution in [3.05, 3.63) is 95.3 Å². The highest BCUT2D eigenvalue weighted by Gasteiger charge is 2.48. The molecule has 0 spiro atoms. The molecular formula is C26H30FN3O2. The number of likely N-dealkylation sites (tertiary alicyclic amines) is 1. The highest BCUT2D eigenvalue weighted by molar-refractivity contribution is 5.45. The number of halogens is 1. The molecule has 6 heteroatoms. The van der Waals surface area contributed by atoms with Gasteiger partial charge in [0.2, 0.25) is 0 Å². The van der Waals surface area contributed by atoms with Gasteiger partial charge in [-0.1, -0.05) is 42.5 Å². The summed E-state index contributed by atoms with van der Waals surface area (Å²) in [6, 6.07) is 22.7. The second-order valence-electron chi connectivity index (χ2n) is 8.45. The maximum Gasteiger partial charge on any atom is 0.128 e. The van der Waals surface area contributed by atoms with Gasteiger partial charge in [-0.2, -0.15) is 0 Å². The third kappa shape index (κ3) is 4.63. The summed E-state index contributed by atoms with van der Waals surface area (Å²) < 4.78 is 20.4. The molecule has 3 aromatic rings. The minimum absolute atomic E-state index is 0.0604. The molecule has 0 amide bonds. The molecule has 0 aromatic heterocycles. The monoisotopic (exact) mass is 435 g/mol. The molecule has 4 rings (SSSR count). The zero-order chi connectivity index (χ0) is 22.6. The topological polar surface area (TPSA) is 70.8 Å². The molecule has 5 nitrogen and oxygen atoms in total. The fourth-order valence-electron chi connectivity index (χ4n) is 4.68. The smallest absolute Gasteiger partial charge is 0.128 e. The first-order chi connectivity index (χ1) is 15.5. The number of nitrogens with zero attached hydrogens (tertiary/aromatic N) is 1. The van der Waals surface area contributed by atoms with Crippen molar-refractivity contribution in [1.82, 2.24) is 10.2 Å². The molecule has 1 unspecified atom stereocenters. The van der Waals surface area contributed by atoms with Crippen LogP contribution in [0, 0.1) is 11.7 Å². The maximum atomic E-state index is 15.1. The van der Waals surface area contributed by atoms with E-state index in [1.165, 1.54) is 11.6 Å². The summed E-state index contributed by atoms with van der Waals surface area (Å²) in [5.41, 5.74) is 8.52. The van der Waals surface area contributed by atoms with E-state index >= 15 is 4.39 Å². The molecule has 1 heterocycles. The van der Waals surface area contributed by atoms with Crippen molar-refractivity contribution in [3.8, 4) is 5.75 Å². The van der Waals surface area contributed by atoms with Crippen LogP contribution < -0.4 is 15.8 Å². The Morgan fingerprint density at radius 1 is 1.09 bits per heavy atom. The number of hydrogen-bond acceptors (Lipinski definition) is 5. The second-order valence-corrected chi connectivity index (χ2v) is 8.45. The SMILES string of the molecule is COc1ccc(CN[C@@]2(c3cc(N)ccc3F)CN(Cc3ccccc3)CC2CO)cc1. The molecule has 4 N–H and O–H groups in total. The van der Waals surface area contributed by atoms with Gasteiger partial charge in [-0.25, -0.2) is 4.39 Å². The summed E-state index contributed by atoms with van der Waals surface area (Å²) in [7, 11) is 1.64. The molecule has 2 atom stereocenters. The van der Waals surface area contributed by atoms with Crippen LogP contribution in [0.4, 0.5) is 10.1 Å². The number of nitrogens with one attached hydrogen (secondary N) is 1. The van der Waals surface area contributed by atoms with E-state index in [0.717, 1.165) is 17.9 Å². The average molecular weight is 436 g/mol. The quantitative estimate of drug-likeness (QED) is 0.472. The van der Waals surface area contributed by atoms with Crippen molar-refractivity contribution < 1.29 is 14.2 Å². The standard InChI is InChI=1S/C26H30FN3O2/c1-32-23-10-7-19(8-11-23)14-29-26(24-13-22(28)9-12-25(24)27)18-30(16-21(26)17-31)15-20-5-3-2-4-6-20/h2-13,21,29,31H,14-18,28H2,1H3/t21?,26-/m0/s1. The van der Waals surface area contributed by atoms with E-state index < -0.39 is 5.54 Å². The van der Waals surface area contributed by atoms with Crippen molar-refractivity contribution in [1.29, 1.82) is 0 Å². The third-order valence-corrected chi connectivity index (χ3v) is 6.36. The van der Waals surface area contributed by atoms with Gasteiger partial charge in [0.15, 0.2) is 0 Å². The predicted molar refractivity (Wildman–Crippen MR) is 125 cm³/mol. The van der Waals surface area contributed by atoms with Gasteiger partial charge in [0, 0.05) is 50.0 Å². The zero-order valence-electron chi connectivity index (χ0n) is 18.3. The maximum absolute atomic E-state index is 15.1. The van der Waals surface area contributed by atoms with Gasteiger partial charge in [0.1, 0.15) is 11.6 Å². The molecule has 32 heavy (non-hydrogen) atoms. The molecule has 168 valence electrons. The van der Waals surface area contributed by atoms with E-state index in [-0.39, 0.29) is 18.3 Å². The molecule has 1 saturated heterocycles. The minimum atomic E-state index is -0.775. The Bertz CT molecular complexity index is 1030. The van der Waals surface area contributed by atoms with Crippen LogP contribution in [0.3, 0.4) is 0 Å². The highest BCUT2D eigenvalue weighted by Crippen LogP contribution is 2.40. The number of hydrogen-bond donors (Lipinski definition) is 3. The van der Waals surface area contributed by atoms with Crippen molar-refractivity contribution in [3.63, 3.8) is 0 Å². The lowest BCUT2D eigenvalue weighted by molar-refractivity contribution is 0.156. The third-order valence-electron chi connectivity index (χ3n) is 6.36. The van der Waals surface area contributed by atoms with Crippen molar-refractivity contribution in [2.75, 3.05) is 32.5 Å². The molecule has 0 radical (unpaired) electrons. The molecule has 0 bridgehead atoms. The fourth-order valence-corrected chi connectivity index (χ4v) is 4.68. The minimum Gasteiger partial charge on any atom is -0.497 e. The molecule has 0 saturated carbocycles. The summed E-state index contributed by atoms with van der Waals surface area (Å²) >= 11 is 0. The number of ether oxygens (including phenoxy) is 1. The first kappa shape index (κ1) is 22.3. The summed E-state index contributed by atoms with van der Waals surface area (Å²) in [5.74, 6) is 0.274. The first-order valence-corrected chi connectivity index (χ1v) is 10.8. The number of aliphatic hydroxyl groups is 1. The Kier molecular flexibility index (Phi) is 6.74. The van der Waals surface area contributed by atoms with Crippen LogP contribution in [0.2, 0.25) is 0 Å². The van der Waals surface area contributed by atoms with E-state index in [4.69, 9.17) is 10.5 Å². The Hall–Kier alpha value is -2.93. The van der Waals surface area contributed by atoms with Crippen LogP contribution >= 0.6 is 0 Å². The number of benzene rings is 3. The van der Waals surface area contributed by atoms with Crippen LogP contribution in [-0.4, -0.2) is 36.8 Å². The van der Waals surface area contributed by atoms with Gasteiger partial charge in [0.05, 0.1) is 12.6 Å². The van der Waals surface area contributed by atoms with Crippen LogP contribution in [0.1, 0.15) is 16.7 Å². The lowest BCUT2D eigenvalue weighted by Gasteiger charge is -2.36. The molecule has 1 aliphatic rings. The van der Waals surface area contributed by atoms with Gasteiger partial charge in [0.25, 0.3) is 0 Å². The lowest BCUT2D eigenvalue weighted by Crippen LogP contribution is -2.50. The summed E-state index contributed by atoms with van der Waals surface area (Å²) in [4.78, 5) is 2.26. The summed E-state index contributed by atoms with van der Waals surface area (Å²) in [5, 5.41) is 13.9. The molecule has 1 aliphatic heterocycles. The Balaban J connectivity index is 1.66. The first-order valence-electron chi connectivity index (χ1n) is 10.8. The lowest BCUT2D eigenvalue weighted by atomic mass is 9.80. The fraction of sp³-hybridized carbons (Fsp3) is 0.308. The van der Waals surface area contributed by atoms with Gasteiger partial charge >= 0.3 is 0 Å². The summed E-state index contributed by atoms with van der Waals surface area (Å²) in [6.45, 7) is 2.40. The Labute approximate surface area is 188 Å². The van der Waals surface area contributed by atoms with Gasteiger partial charge in [-0.3, -0.25) is 4.90 Å². The summed E-state index contributed by atoms with van der Waals surface area (Å²) in [6.07, 6.45) is 0.